The molecule has 38 heavy (non-hydrogen) atoms. The summed E-state index contributed by atoms with van der Waals surface area (Å²) in [6, 6.07) is 7.51. The molecule has 204 valence electrons. The normalized spacial score (nSPS) is 22.9. The first-order valence-corrected chi connectivity index (χ1v) is 14.0. The van der Waals surface area contributed by atoms with Crippen LogP contribution in [0.3, 0.4) is 0 Å². The van der Waals surface area contributed by atoms with Gasteiger partial charge in [0.1, 0.15) is 12.1 Å². The number of rotatable bonds is 6. The molecule has 2 fully saturated rings. The van der Waals surface area contributed by atoms with Crippen LogP contribution in [0.2, 0.25) is 5.02 Å². The maximum Gasteiger partial charge on any atom is 0.240 e. The molecule has 1 aromatic heterocycles. The Kier molecular flexibility index (Phi) is 8.16. The zero-order valence-electron chi connectivity index (χ0n) is 22.1. The van der Waals surface area contributed by atoms with E-state index in [0.29, 0.717) is 57.1 Å². The van der Waals surface area contributed by atoms with Crippen LogP contribution in [0.25, 0.3) is 0 Å². The Balaban J connectivity index is 1.26. The molecule has 10 heteroatoms. The molecule has 5 rings (SSSR count). The van der Waals surface area contributed by atoms with Crippen molar-refractivity contribution in [2.45, 2.75) is 63.6 Å². The van der Waals surface area contributed by atoms with Crippen LogP contribution in [0.5, 0.6) is 0 Å². The van der Waals surface area contributed by atoms with Crippen LogP contribution in [-0.2, 0) is 16.0 Å². The van der Waals surface area contributed by atoms with Crippen LogP contribution >= 0.6 is 11.6 Å². The molecule has 1 aliphatic carbocycles. The number of carbonyl (C=O) groups excluding carboxylic acids is 2. The lowest BCUT2D eigenvalue weighted by atomic mass is 9.99. The first-order chi connectivity index (χ1) is 18.3. The highest BCUT2D eigenvalue weighted by Crippen LogP contribution is 2.42. The first-order valence-electron chi connectivity index (χ1n) is 13.6. The minimum atomic E-state index is -0.536. The number of aliphatic hydroxyl groups is 1. The van der Waals surface area contributed by atoms with Crippen molar-refractivity contribution >= 4 is 29.2 Å². The fourth-order valence-electron chi connectivity index (χ4n) is 6.03. The van der Waals surface area contributed by atoms with Gasteiger partial charge in [-0.3, -0.25) is 9.59 Å². The number of fused-ring (bicyclic) bond motifs is 1. The van der Waals surface area contributed by atoms with Gasteiger partial charge in [0.25, 0.3) is 0 Å². The number of hydrogen-bond donors (Lipinski definition) is 2. The van der Waals surface area contributed by atoms with E-state index < -0.39 is 6.10 Å². The Morgan fingerprint density at radius 3 is 2.39 bits per heavy atom. The smallest absolute Gasteiger partial charge is 0.240 e. The van der Waals surface area contributed by atoms with Crippen molar-refractivity contribution in [2.24, 2.45) is 0 Å². The average molecular weight is 541 g/mol. The number of likely N-dealkylation sites (tertiary alicyclic amines) is 1. The van der Waals surface area contributed by atoms with Crippen molar-refractivity contribution in [1.82, 2.24) is 25.1 Å². The van der Waals surface area contributed by atoms with Gasteiger partial charge in [0.05, 0.1) is 17.8 Å². The number of piperidine rings is 1. The molecule has 2 aromatic rings. The van der Waals surface area contributed by atoms with Crippen molar-refractivity contribution in [3.63, 3.8) is 0 Å². The summed E-state index contributed by atoms with van der Waals surface area (Å²) in [7, 11) is 0. The van der Waals surface area contributed by atoms with E-state index in [4.69, 9.17) is 11.6 Å². The van der Waals surface area contributed by atoms with Gasteiger partial charge in [0.15, 0.2) is 0 Å². The summed E-state index contributed by atoms with van der Waals surface area (Å²) in [4.78, 5) is 40.5. The lowest BCUT2D eigenvalue weighted by molar-refractivity contribution is -0.134. The molecule has 2 N–H and O–H groups in total. The van der Waals surface area contributed by atoms with Crippen LogP contribution in [0.4, 0.5) is 5.82 Å². The molecular formula is C28H37ClN6O3. The molecule has 3 atom stereocenters. The first kappa shape index (κ1) is 26.8. The second-order valence-electron chi connectivity index (χ2n) is 10.8. The lowest BCUT2D eigenvalue weighted by Crippen LogP contribution is -2.57. The maximum absolute atomic E-state index is 13.8. The molecule has 0 spiro atoms. The number of hydrogen-bond acceptors (Lipinski definition) is 7. The molecule has 3 aliphatic rings. The number of piperazine rings is 1. The SMILES string of the molecule is CC(=O)N1CCC(NC(Cc2ccc(Cl)cc2)C(=O)N2CCN(c3ncnc4c3[C@H](C)C[C@H]4O)CC2)CC1. The van der Waals surface area contributed by atoms with Gasteiger partial charge in [-0.1, -0.05) is 30.7 Å². The zero-order chi connectivity index (χ0) is 26.8. The molecule has 0 bridgehead atoms. The Morgan fingerprint density at radius 2 is 1.74 bits per heavy atom. The summed E-state index contributed by atoms with van der Waals surface area (Å²) in [5.41, 5.74) is 2.84. The van der Waals surface area contributed by atoms with Gasteiger partial charge < -0.3 is 25.1 Å². The summed E-state index contributed by atoms with van der Waals surface area (Å²) >= 11 is 6.09. The third-order valence-corrected chi connectivity index (χ3v) is 8.45. The molecule has 9 nitrogen and oxygen atoms in total. The second kappa shape index (κ2) is 11.6. The van der Waals surface area contributed by atoms with Gasteiger partial charge in [-0.15, -0.1) is 0 Å². The second-order valence-corrected chi connectivity index (χ2v) is 11.2. The van der Waals surface area contributed by atoms with E-state index in [9.17, 15) is 14.7 Å². The Hall–Kier alpha value is -2.75. The maximum atomic E-state index is 13.8. The third-order valence-electron chi connectivity index (χ3n) is 8.20. The zero-order valence-corrected chi connectivity index (χ0v) is 22.9. The number of aliphatic hydroxyl groups excluding tert-OH is 1. The lowest BCUT2D eigenvalue weighted by Gasteiger charge is -2.39. The minimum absolute atomic E-state index is 0.102. The number of nitrogens with one attached hydrogen (secondary N) is 1. The highest BCUT2D eigenvalue weighted by Gasteiger charge is 2.35. The number of benzene rings is 1. The van der Waals surface area contributed by atoms with Crippen molar-refractivity contribution in [2.75, 3.05) is 44.2 Å². The Labute approximate surface area is 229 Å². The fourth-order valence-corrected chi connectivity index (χ4v) is 6.16. The summed E-state index contributed by atoms with van der Waals surface area (Å²) in [5.74, 6) is 1.30. The van der Waals surface area contributed by atoms with Crippen molar-refractivity contribution in [3.8, 4) is 0 Å². The number of aromatic nitrogens is 2. The molecule has 1 unspecified atom stereocenters. The average Bonchev–Trinajstić information content (AvgIpc) is 3.22. The number of amides is 2. The van der Waals surface area contributed by atoms with E-state index in [0.717, 1.165) is 35.5 Å². The van der Waals surface area contributed by atoms with E-state index >= 15 is 0 Å². The largest absolute Gasteiger partial charge is 0.387 e. The highest BCUT2D eigenvalue weighted by molar-refractivity contribution is 6.30. The topological polar surface area (TPSA) is 102 Å². The van der Waals surface area contributed by atoms with Crippen LogP contribution in [0, 0.1) is 0 Å². The molecular weight excluding hydrogens is 504 g/mol. The summed E-state index contributed by atoms with van der Waals surface area (Å²) < 4.78 is 0. The monoisotopic (exact) mass is 540 g/mol. The molecule has 3 heterocycles. The van der Waals surface area contributed by atoms with Crippen molar-refractivity contribution in [1.29, 1.82) is 0 Å². The Bertz CT molecular complexity index is 1150. The number of anilines is 1. The molecule has 2 amide bonds. The van der Waals surface area contributed by atoms with Gasteiger partial charge in [-0.05, 0) is 49.3 Å². The fraction of sp³-hybridized carbons (Fsp3) is 0.571. The molecule has 2 aliphatic heterocycles. The van der Waals surface area contributed by atoms with Crippen molar-refractivity contribution in [3.05, 3.63) is 52.4 Å². The standard InChI is InChI=1S/C28H37ClN6O3/c1-18-15-24(37)26-25(18)27(31-17-30-26)34-11-13-35(14-12-34)28(38)23(16-20-3-5-21(29)6-4-20)32-22-7-9-33(10-8-22)19(2)36/h3-6,17-18,22-24,32,37H,7-16H2,1-2H3/t18-,23?,24-/m1/s1. The number of halogens is 1. The molecule has 0 radical (unpaired) electrons. The van der Waals surface area contributed by atoms with E-state index in [1.807, 2.05) is 34.1 Å². The van der Waals surface area contributed by atoms with Crippen LogP contribution in [0.1, 0.15) is 62.0 Å². The van der Waals surface area contributed by atoms with Crippen LogP contribution in [-0.4, -0.2) is 88.0 Å². The molecule has 0 saturated carbocycles. The van der Waals surface area contributed by atoms with E-state index in [1.165, 1.54) is 6.33 Å². The van der Waals surface area contributed by atoms with Crippen LogP contribution < -0.4 is 10.2 Å². The summed E-state index contributed by atoms with van der Waals surface area (Å²) in [6.07, 6.45) is 3.92. The quantitative estimate of drug-likeness (QED) is 0.580. The highest BCUT2D eigenvalue weighted by atomic mass is 35.5. The van der Waals surface area contributed by atoms with E-state index in [2.05, 4.69) is 27.1 Å². The van der Waals surface area contributed by atoms with Gasteiger partial charge in [0.2, 0.25) is 11.8 Å². The van der Waals surface area contributed by atoms with E-state index in [-0.39, 0.29) is 29.8 Å². The van der Waals surface area contributed by atoms with E-state index in [1.54, 1.807) is 6.92 Å². The third kappa shape index (κ3) is 5.80. The van der Waals surface area contributed by atoms with Crippen molar-refractivity contribution < 1.29 is 14.7 Å². The predicted octanol–water partition coefficient (Wildman–Crippen LogP) is 2.53. The predicted molar refractivity (Wildman–Crippen MR) is 146 cm³/mol. The van der Waals surface area contributed by atoms with Gasteiger partial charge in [-0.2, -0.15) is 0 Å². The Morgan fingerprint density at radius 1 is 1.05 bits per heavy atom. The number of nitrogens with zero attached hydrogens (tertiary/aromatic N) is 5. The molecule has 2 saturated heterocycles. The van der Waals surface area contributed by atoms with Gasteiger partial charge in [-0.25, -0.2) is 9.97 Å². The van der Waals surface area contributed by atoms with Gasteiger partial charge >= 0.3 is 0 Å². The minimum Gasteiger partial charge on any atom is -0.387 e. The summed E-state index contributed by atoms with van der Waals surface area (Å²) in [5, 5.41) is 14.7. The summed E-state index contributed by atoms with van der Waals surface area (Å²) in [6.45, 7) is 7.72. The number of carbonyl (C=O) groups is 2. The van der Waals surface area contributed by atoms with Crippen LogP contribution in [0.15, 0.2) is 30.6 Å². The molecule has 1 aromatic carbocycles. The van der Waals surface area contributed by atoms with Gasteiger partial charge in [0, 0.05) is 62.8 Å².